The second-order valence-electron chi connectivity index (χ2n) is 6.57. The van der Waals surface area contributed by atoms with Crippen molar-refractivity contribution in [3.63, 3.8) is 0 Å². The Morgan fingerprint density at radius 1 is 1.08 bits per heavy atom. The van der Waals surface area contributed by atoms with E-state index in [-0.39, 0.29) is 5.91 Å². The Labute approximate surface area is 146 Å². The van der Waals surface area contributed by atoms with Crippen LogP contribution < -0.4 is 0 Å². The zero-order valence-corrected chi connectivity index (χ0v) is 13.9. The van der Waals surface area contributed by atoms with Gasteiger partial charge in [0.15, 0.2) is 0 Å². The van der Waals surface area contributed by atoms with Gasteiger partial charge < -0.3 is 9.88 Å². The smallest absolute Gasteiger partial charge is 0.253 e. The molecule has 4 heteroatoms. The summed E-state index contributed by atoms with van der Waals surface area (Å²) in [6.45, 7) is 1.53. The Morgan fingerprint density at radius 2 is 1.80 bits per heavy atom. The topological polar surface area (TPSA) is 59.9 Å². The molecular weight excluding hydrogens is 310 g/mol. The highest BCUT2D eigenvalue weighted by Crippen LogP contribution is 2.30. The van der Waals surface area contributed by atoms with E-state index in [1.54, 1.807) is 24.3 Å². The Balaban J connectivity index is 1.43. The predicted octanol–water partition coefficient (Wildman–Crippen LogP) is 4.06. The standard InChI is InChI=1S/C21H19N3O/c22-14-15-5-7-17(8-6-15)21(25)24-11-9-16(10-12-24)20-13-18-3-1-2-4-19(18)23-20/h1-8,13,16,23H,9-12H2. The lowest BCUT2D eigenvalue weighted by Gasteiger charge is -2.31. The number of aromatic nitrogens is 1. The van der Waals surface area contributed by atoms with Crippen LogP contribution in [-0.4, -0.2) is 28.9 Å². The van der Waals surface area contributed by atoms with Gasteiger partial charge in [-0.3, -0.25) is 4.79 Å². The second kappa shape index (κ2) is 6.45. The number of aromatic amines is 1. The van der Waals surface area contributed by atoms with Gasteiger partial charge in [-0.25, -0.2) is 0 Å². The van der Waals surface area contributed by atoms with E-state index in [2.05, 4.69) is 35.3 Å². The quantitative estimate of drug-likeness (QED) is 0.771. The Bertz CT molecular complexity index is 908. The Morgan fingerprint density at radius 3 is 2.48 bits per heavy atom. The molecule has 0 aliphatic carbocycles. The maximum absolute atomic E-state index is 12.6. The van der Waals surface area contributed by atoms with Crippen molar-refractivity contribution in [2.75, 3.05) is 13.1 Å². The van der Waals surface area contributed by atoms with E-state index in [0.717, 1.165) is 25.9 Å². The third-order valence-corrected chi connectivity index (χ3v) is 5.03. The number of likely N-dealkylation sites (tertiary alicyclic amines) is 1. The van der Waals surface area contributed by atoms with Gasteiger partial charge in [0.05, 0.1) is 11.6 Å². The maximum atomic E-state index is 12.6. The van der Waals surface area contributed by atoms with Crippen LogP contribution in [-0.2, 0) is 0 Å². The number of piperidine rings is 1. The van der Waals surface area contributed by atoms with Gasteiger partial charge in [0.2, 0.25) is 0 Å². The molecule has 4 nitrogen and oxygen atoms in total. The molecule has 25 heavy (non-hydrogen) atoms. The van der Waals surface area contributed by atoms with Gasteiger partial charge in [0.25, 0.3) is 5.91 Å². The molecule has 1 saturated heterocycles. The van der Waals surface area contributed by atoms with E-state index in [1.807, 2.05) is 11.0 Å². The summed E-state index contributed by atoms with van der Waals surface area (Å²) in [5.74, 6) is 0.525. The van der Waals surface area contributed by atoms with Crippen LogP contribution in [0.2, 0.25) is 0 Å². The lowest BCUT2D eigenvalue weighted by Crippen LogP contribution is -2.37. The molecule has 3 aromatic rings. The van der Waals surface area contributed by atoms with Gasteiger partial charge >= 0.3 is 0 Å². The minimum Gasteiger partial charge on any atom is -0.358 e. The van der Waals surface area contributed by atoms with Crippen LogP contribution in [0.25, 0.3) is 10.9 Å². The minimum absolute atomic E-state index is 0.0552. The molecule has 1 aliphatic rings. The van der Waals surface area contributed by atoms with Crippen molar-refractivity contribution in [2.24, 2.45) is 0 Å². The van der Waals surface area contributed by atoms with Crippen LogP contribution in [0.1, 0.15) is 40.4 Å². The van der Waals surface area contributed by atoms with E-state index >= 15 is 0 Å². The van der Waals surface area contributed by atoms with Gasteiger partial charge in [-0.05, 0) is 54.6 Å². The molecule has 1 fully saturated rings. The van der Waals surface area contributed by atoms with Crippen molar-refractivity contribution >= 4 is 16.8 Å². The van der Waals surface area contributed by atoms with E-state index in [9.17, 15) is 4.79 Å². The first-order valence-corrected chi connectivity index (χ1v) is 8.62. The molecule has 1 aromatic heterocycles. The highest BCUT2D eigenvalue weighted by atomic mass is 16.2. The summed E-state index contributed by atoms with van der Waals surface area (Å²) >= 11 is 0. The van der Waals surface area contributed by atoms with Gasteiger partial charge in [-0.2, -0.15) is 5.26 Å². The van der Waals surface area contributed by atoms with E-state index in [0.29, 0.717) is 17.0 Å². The molecule has 0 radical (unpaired) electrons. The average Bonchev–Trinajstić information content (AvgIpc) is 3.12. The molecule has 0 atom stereocenters. The van der Waals surface area contributed by atoms with E-state index in [1.165, 1.54) is 16.6 Å². The summed E-state index contributed by atoms with van der Waals surface area (Å²) in [7, 11) is 0. The number of nitriles is 1. The van der Waals surface area contributed by atoms with Gasteiger partial charge in [-0.1, -0.05) is 18.2 Å². The highest BCUT2D eigenvalue weighted by molar-refractivity contribution is 5.94. The monoisotopic (exact) mass is 329 g/mol. The van der Waals surface area contributed by atoms with E-state index < -0.39 is 0 Å². The number of benzene rings is 2. The number of hydrogen-bond acceptors (Lipinski definition) is 2. The lowest BCUT2D eigenvalue weighted by molar-refractivity contribution is 0.0712. The molecule has 1 N–H and O–H groups in total. The Kier molecular flexibility index (Phi) is 3.99. The van der Waals surface area contributed by atoms with Crippen molar-refractivity contribution in [1.29, 1.82) is 5.26 Å². The Hall–Kier alpha value is -3.06. The van der Waals surface area contributed by atoms with Crippen LogP contribution in [0.5, 0.6) is 0 Å². The minimum atomic E-state index is 0.0552. The summed E-state index contributed by atoms with van der Waals surface area (Å²) in [6.07, 6.45) is 1.93. The predicted molar refractivity (Wildman–Crippen MR) is 97.3 cm³/mol. The van der Waals surface area contributed by atoms with Crippen LogP contribution in [0.15, 0.2) is 54.6 Å². The van der Waals surface area contributed by atoms with Gasteiger partial charge in [0.1, 0.15) is 0 Å². The molecule has 4 rings (SSSR count). The second-order valence-corrected chi connectivity index (χ2v) is 6.57. The van der Waals surface area contributed by atoms with Crippen LogP contribution in [0.3, 0.4) is 0 Å². The summed E-state index contributed by atoms with van der Waals surface area (Å²) in [5, 5.41) is 10.1. The summed E-state index contributed by atoms with van der Waals surface area (Å²) in [6, 6.07) is 19.5. The normalized spacial score (nSPS) is 15.2. The van der Waals surface area contributed by atoms with Crippen molar-refractivity contribution in [2.45, 2.75) is 18.8 Å². The number of carbonyl (C=O) groups excluding carboxylic acids is 1. The summed E-state index contributed by atoms with van der Waals surface area (Å²) < 4.78 is 0. The van der Waals surface area contributed by atoms with Gasteiger partial charge in [-0.15, -0.1) is 0 Å². The molecule has 124 valence electrons. The van der Waals surface area contributed by atoms with Crippen molar-refractivity contribution in [3.8, 4) is 6.07 Å². The summed E-state index contributed by atoms with van der Waals surface area (Å²) in [4.78, 5) is 18.1. The molecule has 1 aliphatic heterocycles. The third-order valence-electron chi connectivity index (χ3n) is 5.03. The summed E-state index contributed by atoms with van der Waals surface area (Å²) in [5.41, 5.74) is 3.68. The van der Waals surface area contributed by atoms with Crippen LogP contribution in [0, 0.1) is 11.3 Å². The molecule has 0 unspecified atom stereocenters. The first-order chi connectivity index (χ1) is 12.2. The number of nitrogens with zero attached hydrogens (tertiary/aromatic N) is 2. The third kappa shape index (κ3) is 3.01. The van der Waals surface area contributed by atoms with E-state index in [4.69, 9.17) is 5.26 Å². The fraction of sp³-hybridized carbons (Fsp3) is 0.238. The number of nitrogens with one attached hydrogen (secondary N) is 1. The molecular formula is C21H19N3O. The average molecular weight is 329 g/mol. The fourth-order valence-electron chi connectivity index (χ4n) is 3.58. The van der Waals surface area contributed by atoms with Crippen molar-refractivity contribution in [3.05, 3.63) is 71.4 Å². The van der Waals surface area contributed by atoms with Crippen LogP contribution >= 0.6 is 0 Å². The largest absolute Gasteiger partial charge is 0.358 e. The first-order valence-electron chi connectivity index (χ1n) is 8.62. The molecule has 2 aromatic carbocycles. The fourth-order valence-corrected chi connectivity index (χ4v) is 3.58. The molecule has 1 amide bonds. The highest BCUT2D eigenvalue weighted by Gasteiger charge is 2.25. The molecule has 0 bridgehead atoms. The maximum Gasteiger partial charge on any atom is 0.253 e. The number of fused-ring (bicyclic) bond motifs is 1. The molecule has 2 heterocycles. The number of rotatable bonds is 2. The number of para-hydroxylation sites is 1. The zero-order chi connectivity index (χ0) is 17.2. The van der Waals surface area contributed by atoms with Crippen molar-refractivity contribution in [1.82, 2.24) is 9.88 Å². The number of hydrogen-bond donors (Lipinski definition) is 1. The number of amides is 1. The SMILES string of the molecule is N#Cc1ccc(C(=O)N2CCC(c3cc4ccccc4[nH]3)CC2)cc1. The first kappa shape index (κ1) is 15.5. The number of carbonyl (C=O) groups is 1. The molecule has 0 spiro atoms. The zero-order valence-electron chi connectivity index (χ0n) is 13.9. The lowest BCUT2D eigenvalue weighted by atomic mass is 9.93. The van der Waals surface area contributed by atoms with Crippen molar-refractivity contribution < 1.29 is 4.79 Å². The number of H-pyrrole nitrogens is 1. The molecule has 0 saturated carbocycles. The van der Waals surface area contributed by atoms with Gasteiger partial charge in [0, 0.05) is 35.8 Å². The van der Waals surface area contributed by atoms with Crippen LogP contribution in [0.4, 0.5) is 0 Å².